The van der Waals surface area contributed by atoms with Crippen molar-refractivity contribution in [2.24, 2.45) is 5.92 Å². The van der Waals surface area contributed by atoms with E-state index in [-0.39, 0.29) is 5.92 Å². The average Bonchev–Trinajstić information content (AvgIpc) is 2.80. The predicted octanol–water partition coefficient (Wildman–Crippen LogP) is 2.21. The summed E-state index contributed by atoms with van der Waals surface area (Å²) in [6.45, 7) is 4.55. The summed E-state index contributed by atoms with van der Waals surface area (Å²) in [7, 11) is 0. The summed E-state index contributed by atoms with van der Waals surface area (Å²) in [6, 6.07) is 6.24. The van der Waals surface area contributed by atoms with Crippen LogP contribution in [0.1, 0.15) is 23.4 Å². The average molecular weight is 271 g/mol. The fourth-order valence-corrected chi connectivity index (χ4v) is 2.85. The summed E-state index contributed by atoms with van der Waals surface area (Å²) in [5.74, 6) is 0.577. The number of rotatable bonds is 2. The number of nitrogens with zero attached hydrogens (tertiary/aromatic N) is 3. The van der Waals surface area contributed by atoms with Crippen LogP contribution in [0, 0.1) is 19.8 Å². The van der Waals surface area contributed by atoms with Gasteiger partial charge in [0.05, 0.1) is 5.92 Å². The van der Waals surface area contributed by atoms with Gasteiger partial charge in [-0.1, -0.05) is 17.2 Å². The Morgan fingerprint density at radius 3 is 2.60 bits per heavy atom. The van der Waals surface area contributed by atoms with E-state index in [1.165, 1.54) is 11.1 Å². The third-order valence-corrected chi connectivity index (χ3v) is 3.78. The molecule has 2 aromatic rings. The molecule has 0 aliphatic carbocycles. The van der Waals surface area contributed by atoms with Gasteiger partial charge in [-0.3, -0.25) is 4.79 Å². The van der Waals surface area contributed by atoms with Gasteiger partial charge in [0.1, 0.15) is 5.82 Å². The largest absolute Gasteiger partial charge is 0.481 e. The lowest BCUT2D eigenvalue weighted by Crippen LogP contribution is -2.27. The molecule has 1 aromatic carbocycles. The molecule has 1 aromatic heterocycles. The van der Waals surface area contributed by atoms with Crippen LogP contribution < -0.4 is 0 Å². The van der Waals surface area contributed by atoms with Gasteiger partial charge in [-0.05, 0) is 32.4 Å². The molecule has 2 heterocycles. The second-order valence-electron chi connectivity index (χ2n) is 5.50. The smallest absolute Gasteiger partial charge is 0.308 e. The molecule has 0 bridgehead atoms. The van der Waals surface area contributed by atoms with Crippen molar-refractivity contribution in [3.63, 3.8) is 0 Å². The molecule has 0 saturated heterocycles. The molecule has 5 heteroatoms. The van der Waals surface area contributed by atoms with Gasteiger partial charge < -0.3 is 9.67 Å². The molecule has 0 radical (unpaired) electrons. The van der Waals surface area contributed by atoms with Crippen molar-refractivity contribution in [2.75, 3.05) is 0 Å². The van der Waals surface area contributed by atoms with Crippen LogP contribution >= 0.6 is 0 Å². The Kier molecular flexibility index (Phi) is 3.04. The Bertz CT molecular complexity index is 656. The Balaban J connectivity index is 2.04. The molecule has 20 heavy (non-hydrogen) atoms. The molecule has 0 fully saturated rings. The van der Waals surface area contributed by atoms with Crippen LogP contribution in [0.5, 0.6) is 0 Å². The number of hydrogen-bond donors (Lipinski definition) is 1. The Labute approximate surface area is 117 Å². The Morgan fingerprint density at radius 1 is 1.25 bits per heavy atom. The van der Waals surface area contributed by atoms with E-state index < -0.39 is 5.97 Å². The van der Waals surface area contributed by atoms with Crippen molar-refractivity contribution in [1.29, 1.82) is 0 Å². The monoisotopic (exact) mass is 271 g/mol. The normalized spacial score (nSPS) is 17.8. The molecule has 1 unspecified atom stereocenters. The van der Waals surface area contributed by atoms with E-state index in [4.69, 9.17) is 0 Å². The standard InChI is InChI=1S/C15H17N3O2/c1-9-5-10(2)7-12(6-9)14-17-16-13-4-3-11(15(19)20)8-18(13)14/h5-7,11H,3-4,8H2,1-2H3,(H,19,20). The lowest BCUT2D eigenvalue weighted by Gasteiger charge is -2.21. The Hall–Kier alpha value is -2.17. The van der Waals surface area contributed by atoms with Crippen molar-refractivity contribution in [1.82, 2.24) is 14.8 Å². The maximum Gasteiger partial charge on any atom is 0.308 e. The van der Waals surface area contributed by atoms with Gasteiger partial charge in [0.25, 0.3) is 0 Å². The minimum atomic E-state index is -0.740. The third kappa shape index (κ3) is 2.19. The fourth-order valence-electron chi connectivity index (χ4n) is 2.85. The first-order valence-electron chi connectivity index (χ1n) is 6.78. The van der Waals surface area contributed by atoms with Gasteiger partial charge >= 0.3 is 5.97 Å². The van der Waals surface area contributed by atoms with Crippen molar-refractivity contribution >= 4 is 5.97 Å². The van der Waals surface area contributed by atoms with Gasteiger partial charge in [0.2, 0.25) is 0 Å². The van der Waals surface area contributed by atoms with Crippen molar-refractivity contribution in [3.8, 4) is 11.4 Å². The van der Waals surface area contributed by atoms with E-state index in [1.807, 2.05) is 18.4 Å². The van der Waals surface area contributed by atoms with Crippen molar-refractivity contribution in [3.05, 3.63) is 35.2 Å². The summed E-state index contributed by atoms with van der Waals surface area (Å²) < 4.78 is 1.95. The molecule has 3 rings (SSSR count). The van der Waals surface area contributed by atoms with Gasteiger partial charge in [-0.15, -0.1) is 10.2 Å². The number of benzene rings is 1. The molecular weight excluding hydrogens is 254 g/mol. The lowest BCUT2D eigenvalue weighted by atomic mass is 9.99. The van der Waals surface area contributed by atoms with E-state index in [2.05, 4.69) is 28.4 Å². The Morgan fingerprint density at radius 2 is 1.95 bits per heavy atom. The summed E-state index contributed by atoms with van der Waals surface area (Å²) >= 11 is 0. The number of hydrogen-bond acceptors (Lipinski definition) is 3. The number of carboxylic acid groups (broad SMARTS) is 1. The van der Waals surface area contributed by atoms with Crippen LogP contribution in [-0.4, -0.2) is 25.8 Å². The van der Waals surface area contributed by atoms with Gasteiger partial charge in [-0.2, -0.15) is 0 Å². The molecule has 0 saturated carbocycles. The van der Waals surface area contributed by atoms with Crippen LogP contribution in [0.25, 0.3) is 11.4 Å². The van der Waals surface area contributed by atoms with E-state index >= 15 is 0 Å². The second kappa shape index (κ2) is 4.74. The first-order valence-corrected chi connectivity index (χ1v) is 6.78. The number of aryl methyl sites for hydroxylation is 3. The van der Waals surface area contributed by atoms with Gasteiger partial charge in [-0.25, -0.2) is 0 Å². The summed E-state index contributed by atoms with van der Waals surface area (Å²) in [6.07, 6.45) is 1.31. The number of aromatic nitrogens is 3. The summed E-state index contributed by atoms with van der Waals surface area (Å²) in [5.41, 5.74) is 3.35. The second-order valence-corrected chi connectivity index (χ2v) is 5.50. The molecule has 1 aliphatic heterocycles. The van der Waals surface area contributed by atoms with Crippen molar-refractivity contribution in [2.45, 2.75) is 33.2 Å². The topological polar surface area (TPSA) is 68.0 Å². The molecule has 1 aliphatic rings. The molecular formula is C15H17N3O2. The van der Waals surface area contributed by atoms with Crippen LogP contribution in [0.15, 0.2) is 18.2 Å². The quantitative estimate of drug-likeness (QED) is 0.909. The minimum Gasteiger partial charge on any atom is -0.481 e. The zero-order valence-electron chi connectivity index (χ0n) is 11.6. The highest BCUT2D eigenvalue weighted by molar-refractivity contribution is 5.70. The summed E-state index contributed by atoms with van der Waals surface area (Å²) in [4.78, 5) is 11.2. The summed E-state index contributed by atoms with van der Waals surface area (Å²) in [5, 5.41) is 17.7. The van der Waals surface area contributed by atoms with E-state index in [1.54, 1.807) is 0 Å². The number of fused-ring (bicyclic) bond motifs is 1. The molecule has 1 N–H and O–H groups in total. The highest BCUT2D eigenvalue weighted by atomic mass is 16.4. The molecule has 0 spiro atoms. The van der Waals surface area contributed by atoms with Crippen LogP contribution in [0.4, 0.5) is 0 Å². The molecule has 5 nitrogen and oxygen atoms in total. The molecule has 1 atom stereocenters. The fraction of sp³-hybridized carbons (Fsp3) is 0.400. The SMILES string of the molecule is Cc1cc(C)cc(-c2nnc3n2CC(C(=O)O)CC3)c1. The zero-order chi connectivity index (χ0) is 14.3. The van der Waals surface area contributed by atoms with Gasteiger partial charge in [0, 0.05) is 18.5 Å². The highest BCUT2D eigenvalue weighted by Crippen LogP contribution is 2.27. The minimum absolute atomic E-state index is 0.344. The molecule has 104 valence electrons. The number of carboxylic acids is 1. The van der Waals surface area contributed by atoms with Gasteiger partial charge in [0.15, 0.2) is 5.82 Å². The maximum absolute atomic E-state index is 11.2. The lowest BCUT2D eigenvalue weighted by molar-refractivity contribution is -0.142. The first-order chi connectivity index (χ1) is 9.54. The number of carbonyl (C=O) groups is 1. The van der Waals surface area contributed by atoms with Crippen LogP contribution in [0.3, 0.4) is 0 Å². The third-order valence-electron chi connectivity index (χ3n) is 3.78. The number of aliphatic carboxylic acids is 1. The zero-order valence-corrected chi connectivity index (χ0v) is 11.6. The first kappa shape index (κ1) is 12.8. The molecule has 0 amide bonds. The van der Waals surface area contributed by atoms with Crippen molar-refractivity contribution < 1.29 is 9.90 Å². The van der Waals surface area contributed by atoms with E-state index in [9.17, 15) is 9.90 Å². The maximum atomic E-state index is 11.2. The highest BCUT2D eigenvalue weighted by Gasteiger charge is 2.27. The van der Waals surface area contributed by atoms with E-state index in [0.29, 0.717) is 19.4 Å². The van der Waals surface area contributed by atoms with Crippen LogP contribution in [-0.2, 0) is 17.8 Å². The predicted molar refractivity (Wildman–Crippen MR) is 74.4 cm³/mol. The van der Waals surface area contributed by atoms with Crippen LogP contribution in [0.2, 0.25) is 0 Å². The van der Waals surface area contributed by atoms with E-state index in [0.717, 1.165) is 17.2 Å².